The highest BCUT2D eigenvalue weighted by Gasteiger charge is 2.68. The van der Waals surface area contributed by atoms with Gasteiger partial charge in [0.25, 0.3) is 0 Å². The molecule has 2 aliphatic carbocycles. The van der Waals surface area contributed by atoms with Gasteiger partial charge in [0.1, 0.15) is 5.54 Å². The molecule has 0 atom stereocenters. The monoisotopic (exact) mass is 248 g/mol. The maximum atomic E-state index is 12.4. The molecule has 0 bridgehead atoms. The summed E-state index contributed by atoms with van der Waals surface area (Å²) in [5.74, 6) is 0.116. The van der Waals surface area contributed by atoms with Crippen LogP contribution in [0, 0.1) is 28.1 Å². The fraction of sp³-hybridized carbons (Fsp3) is 0.867. The summed E-state index contributed by atoms with van der Waals surface area (Å²) in [4.78, 5) is 12.4. The van der Waals surface area contributed by atoms with Crippen LogP contribution in [-0.2, 0) is 4.79 Å². The van der Waals surface area contributed by atoms with Crippen molar-refractivity contribution in [3.8, 4) is 6.07 Å². The minimum Gasteiger partial charge on any atom is -0.338 e. The molecule has 0 aromatic carbocycles. The first-order valence-corrected chi connectivity index (χ1v) is 7.00. The number of rotatable bonds is 2. The van der Waals surface area contributed by atoms with Crippen molar-refractivity contribution in [2.45, 2.75) is 65.3 Å². The van der Waals surface area contributed by atoms with Crippen molar-refractivity contribution < 1.29 is 4.79 Å². The second-order valence-corrected chi connectivity index (χ2v) is 7.12. The van der Waals surface area contributed by atoms with Crippen molar-refractivity contribution in [2.24, 2.45) is 16.7 Å². The number of carbonyl (C=O) groups excluding carboxylic acids is 1. The molecule has 0 aromatic heterocycles. The average molecular weight is 248 g/mol. The summed E-state index contributed by atoms with van der Waals surface area (Å²) in [7, 11) is 0. The van der Waals surface area contributed by atoms with E-state index in [1.165, 1.54) is 6.42 Å². The van der Waals surface area contributed by atoms with Crippen molar-refractivity contribution in [3.63, 3.8) is 0 Å². The highest BCUT2D eigenvalue weighted by Crippen LogP contribution is 2.68. The minimum absolute atomic E-state index is 0.0390. The molecule has 18 heavy (non-hydrogen) atoms. The lowest BCUT2D eigenvalue weighted by Gasteiger charge is -2.31. The number of hydrogen-bond donors (Lipinski definition) is 1. The molecular weight excluding hydrogens is 224 g/mol. The number of carbonyl (C=O) groups is 1. The molecular formula is C15H24N2O. The van der Waals surface area contributed by atoms with Gasteiger partial charge in [0.15, 0.2) is 0 Å². The summed E-state index contributed by atoms with van der Waals surface area (Å²) < 4.78 is 0. The van der Waals surface area contributed by atoms with Crippen LogP contribution in [0.3, 0.4) is 0 Å². The van der Waals surface area contributed by atoms with Crippen LogP contribution in [0.4, 0.5) is 0 Å². The third kappa shape index (κ3) is 1.83. The Morgan fingerprint density at radius 1 is 1.11 bits per heavy atom. The van der Waals surface area contributed by atoms with Gasteiger partial charge in [-0.3, -0.25) is 4.79 Å². The SMILES string of the molecule is CC1(C)C(C(=O)NC2(C#N)CCCCC2)C1(C)C. The van der Waals surface area contributed by atoms with E-state index in [-0.39, 0.29) is 22.7 Å². The van der Waals surface area contributed by atoms with Gasteiger partial charge in [-0.1, -0.05) is 47.0 Å². The number of amides is 1. The Hall–Kier alpha value is -1.04. The van der Waals surface area contributed by atoms with Crippen LogP contribution in [0.1, 0.15) is 59.8 Å². The zero-order valence-corrected chi connectivity index (χ0v) is 12.0. The summed E-state index contributed by atoms with van der Waals surface area (Å²) in [5.41, 5.74) is -0.505. The lowest BCUT2D eigenvalue weighted by molar-refractivity contribution is -0.125. The van der Waals surface area contributed by atoms with Crippen LogP contribution in [0.2, 0.25) is 0 Å². The average Bonchev–Trinajstić information content (AvgIpc) is 2.70. The smallest absolute Gasteiger partial charge is 0.225 e. The Morgan fingerprint density at radius 3 is 2.00 bits per heavy atom. The van der Waals surface area contributed by atoms with Gasteiger partial charge in [0.05, 0.1) is 6.07 Å². The number of nitrogens with one attached hydrogen (secondary N) is 1. The zero-order chi connectivity index (χ0) is 13.6. The van der Waals surface area contributed by atoms with Crippen molar-refractivity contribution in [3.05, 3.63) is 0 Å². The Kier molecular flexibility index (Phi) is 2.96. The quantitative estimate of drug-likeness (QED) is 0.816. The van der Waals surface area contributed by atoms with Gasteiger partial charge in [-0.05, 0) is 23.7 Å². The molecule has 2 fully saturated rings. The Morgan fingerprint density at radius 2 is 1.61 bits per heavy atom. The summed E-state index contributed by atoms with van der Waals surface area (Å²) >= 11 is 0. The number of hydrogen-bond acceptors (Lipinski definition) is 2. The van der Waals surface area contributed by atoms with E-state index in [1.54, 1.807) is 0 Å². The highest BCUT2D eigenvalue weighted by molar-refractivity contribution is 5.85. The van der Waals surface area contributed by atoms with Crippen LogP contribution < -0.4 is 5.32 Å². The van der Waals surface area contributed by atoms with E-state index in [9.17, 15) is 10.1 Å². The molecule has 0 aromatic rings. The van der Waals surface area contributed by atoms with E-state index in [1.807, 2.05) is 0 Å². The molecule has 0 unspecified atom stereocenters. The molecule has 1 N–H and O–H groups in total. The summed E-state index contributed by atoms with van der Waals surface area (Å²) in [6.45, 7) is 8.54. The molecule has 3 heteroatoms. The molecule has 2 rings (SSSR count). The van der Waals surface area contributed by atoms with Crippen molar-refractivity contribution in [1.29, 1.82) is 5.26 Å². The van der Waals surface area contributed by atoms with Crippen LogP contribution in [-0.4, -0.2) is 11.4 Å². The molecule has 1 amide bonds. The van der Waals surface area contributed by atoms with E-state index in [4.69, 9.17) is 0 Å². The van der Waals surface area contributed by atoms with Gasteiger partial charge in [-0.2, -0.15) is 5.26 Å². The first-order chi connectivity index (χ1) is 8.27. The molecule has 100 valence electrons. The van der Waals surface area contributed by atoms with Crippen molar-refractivity contribution in [1.82, 2.24) is 5.32 Å². The van der Waals surface area contributed by atoms with Gasteiger partial charge >= 0.3 is 0 Å². The molecule has 0 aliphatic heterocycles. The zero-order valence-electron chi connectivity index (χ0n) is 12.0. The Bertz CT molecular complexity index is 383. The van der Waals surface area contributed by atoms with E-state index >= 15 is 0 Å². The van der Waals surface area contributed by atoms with Crippen LogP contribution in [0.15, 0.2) is 0 Å². The normalized spacial score (nSPS) is 28.2. The highest BCUT2D eigenvalue weighted by atomic mass is 16.2. The standard InChI is InChI=1S/C15H24N2O/c1-13(2)11(14(13,3)4)12(18)17-15(10-16)8-6-5-7-9-15/h11H,5-9H2,1-4H3,(H,17,18). The number of nitrogens with zero attached hydrogens (tertiary/aromatic N) is 1. The lowest BCUT2D eigenvalue weighted by Crippen LogP contribution is -2.49. The maximum absolute atomic E-state index is 12.4. The largest absolute Gasteiger partial charge is 0.338 e. The van der Waals surface area contributed by atoms with Gasteiger partial charge in [-0.15, -0.1) is 0 Å². The molecule has 0 radical (unpaired) electrons. The first kappa shape index (κ1) is 13.4. The summed E-state index contributed by atoms with van der Waals surface area (Å²) in [5, 5.41) is 12.4. The molecule has 2 aliphatic rings. The lowest BCUT2D eigenvalue weighted by atomic mass is 9.82. The fourth-order valence-corrected chi connectivity index (χ4v) is 3.58. The second kappa shape index (κ2) is 3.98. The predicted molar refractivity (Wildman–Crippen MR) is 70.6 cm³/mol. The fourth-order valence-electron chi connectivity index (χ4n) is 3.58. The van der Waals surface area contributed by atoms with E-state index in [0.29, 0.717) is 0 Å². The van der Waals surface area contributed by atoms with Crippen molar-refractivity contribution in [2.75, 3.05) is 0 Å². The van der Waals surface area contributed by atoms with Gasteiger partial charge in [-0.25, -0.2) is 0 Å². The predicted octanol–water partition coefficient (Wildman–Crippen LogP) is 3.01. The van der Waals surface area contributed by atoms with Crippen LogP contribution >= 0.6 is 0 Å². The summed E-state index contributed by atoms with van der Waals surface area (Å²) in [6.07, 6.45) is 4.89. The van der Waals surface area contributed by atoms with E-state index in [0.717, 1.165) is 25.7 Å². The second-order valence-electron chi connectivity index (χ2n) is 7.12. The molecule has 0 heterocycles. The maximum Gasteiger partial charge on any atom is 0.225 e. The Labute approximate surface area is 110 Å². The van der Waals surface area contributed by atoms with Crippen LogP contribution in [0.25, 0.3) is 0 Å². The third-order valence-corrected chi connectivity index (χ3v) is 5.57. The molecule has 0 spiro atoms. The third-order valence-electron chi connectivity index (χ3n) is 5.57. The Balaban J connectivity index is 2.06. The van der Waals surface area contributed by atoms with Gasteiger partial charge < -0.3 is 5.32 Å². The van der Waals surface area contributed by atoms with Crippen molar-refractivity contribution >= 4 is 5.91 Å². The van der Waals surface area contributed by atoms with E-state index < -0.39 is 5.54 Å². The van der Waals surface area contributed by atoms with Gasteiger partial charge in [0.2, 0.25) is 5.91 Å². The number of nitriles is 1. The molecule has 0 saturated heterocycles. The van der Waals surface area contributed by atoms with E-state index in [2.05, 4.69) is 39.1 Å². The van der Waals surface area contributed by atoms with Crippen LogP contribution in [0.5, 0.6) is 0 Å². The topological polar surface area (TPSA) is 52.9 Å². The molecule has 2 saturated carbocycles. The molecule has 3 nitrogen and oxygen atoms in total. The first-order valence-electron chi connectivity index (χ1n) is 7.00. The summed E-state index contributed by atoms with van der Waals surface area (Å²) in [6, 6.07) is 2.35. The minimum atomic E-state index is -0.593. The van der Waals surface area contributed by atoms with Gasteiger partial charge in [0, 0.05) is 5.92 Å².